The van der Waals surface area contributed by atoms with Crippen molar-refractivity contribution in [2.75, 3.05) is 0 Å². The molecule has 0 aliphatic heterocycles. The monoisotopic (exact) mass is 296 g/mol. The maximum atomic E-state index is 13.2. The Hall–Kier alpha value is -3.20. The number of fused-ring (bicyclic) bond motifs is 1. The zero-order valence-electron chi connectivity index (χ0n) is 11.2. The van der Waals surface area contributed by atoms with Gasteiger partial charge in [-0.05, 0) is 30.3 Å². The van der Waals surface area contributed by atoms with E-state index in [-0.39, 0.29) is 29.0 Å². The summed E-state index contributed by atoms with van der Waals surface area (Å²) in [5, 5.41) is 8.70. The maximum Gasteiger partial charge on any atom is 0.420 e. The minimum absolute atomic E-state index is 0.136. The van der Waals surface area contributed by atoms with Crippen LogP contribution in [0.3, 0.4) is 0 Å². The highest BCUT2D eigenvalue weighted by Crippen LogP contribution is 2.18. The molecule has 0 saturated heterocycles. The van der Waals surface area contributed by atoms with Crippen LogP contribution in [-0.2, 0) is 6.54 Å². The molecule has 5 nitrogen and oxygen atoms in total. The number of oxazole rings is 1. The van der Waals surface area contributed by atoms with Gasteiger partial charge in [-0.15, -0.1) is 0 Å². The Morgan fingerprint density at radius 2 is 2.00 bits per heavy atom. The lowest BCUT2D eigenvalue weighted by Gasteiger charge is -2.02. The minimum atomic E-state index is -0.660. The Morgan fingerprint density at radius 3 is 2.73 bits per heavy atom. The van der Waals surface area contributed by atoms with Gasteiger partial charge in [0.2, 0.25) is 0 Å². The quantitative estimate of drug-likeness (QED) is 0.696. The standard InChI is InChI=1S/C16H9FN2O3/c17-12-3-1-2-10(8-12)15(20)11-4-5-13-14(9-11)22-16(21)19(13)7-6-18/h1-5,8-9H,7H2. The van der Waals surface area contributed by atoms with Crippen LogP contribution in [0, 0.1) is 17.1 Å². The summed E-state index contributed by atoms with van der Waals surface area (Å²) in [6, 6.07) is 11.7. The Bertz CT molecular complexity index is 979. The molecule has 0 N–H and O–H groups in total. The summed E-state index contributed by atoms with van der Waals surface area (Å²) in [6.45, 7) is -0.136. The van der Waals surface area contributed by atoms with E-state index in [0.29, 0.717) is 5.52 Å². The van der Waals surface area contributed by atoms with E-state index in [4.69, 9.17) is 9.68 Å². The lowest BCUT2D eigenvalue weighted by molar-refractivity contribution is 0.103. The summed E-state index contributed by atoms with van der Waals surface area (Å²) in [6.07, 6.45) is 0. The van der Waals surface area contributed by atoms with Crippen LogP contribution < -0.4 is 5.76 Å². The molecule has 0 spiro atoms. The largest absolute Gasteiger partial charge is 0.420 e. The number of carbonyl (C=O) groups excluding carboxylic acids is 1. The number of aromatic nitrogens is 1. The van der Waals surface area contributed by atoms with E-state index in [9.17, 15) is 14.0 Å². The Kier molecular flexibility index (Phi) is 3.31. The van der Waals surface area contributed by atoms with E-state index in [1.807, 2.05) is 6.07 Å². The smallest absolute Gasteiger partial charge is 0.408 e. The second-order valence-corrected chi connectivity index (χ2v) is 4.63. The molecule has 3 rings (SSSR count). The molecular formula is C16H9FN2O3. The SMILES string of the molecule is N#CCn1c(=O)oc2cc(C(=O)c3cccc(F)c3)ccc21. The molecule has 0 aliphatic rings. The van der Waals surface area contributed by atoms with E-state index >= 15 is 0 Å². The topological polar surface area (TPSA) is 76.0 Å². The van der Waals surface area contributed by atoms with Crippen LogP contribution >= 0.6 is 0 Å². The molecule has 0 amide bonds. The number of hydrogen-bond donors (Lipinski definition) is 0. The molecule has 0 aliphatic carbocycles. The summed E-state index contributed by atoms with van der Waals surface area (Å²) in [5.74, 6) is -1.54. The van der Waals surface area contributed by atoms with Crippen molar-refractivity contribution in [2.45, 2.75) is 6.54 Å². The highest BCUT2D eigenvalue weighted by molar-refractivity contribution is 6.10. The van der Waals surface area contributed by atoms with Crippen molar-refractivity contribution in [3.05, 3.63) is 70.0 Å². The third-order valence-corrected chi connectivity index (χ3v) is 3.25. The summed E-state index contributed by atoms with van der Waals surface area (Å²) < 4.78 is 19.4. The zero-order chi connectivity index (χ0) is 15.7. The van der Waals surface area contributed by atoms with E-state index < -0.39 is 11.6 Å². The Labute approximate surface area is 123 Å². The highest BCUT2D eigenvalue weighted by Gasteiger charge is 2.14. The van der Waals surface area contributed by atoms with Crippen LogP contribution in [0.1, 0.15) is 15.9 Å². The van der Waals surface area contributed by atoms with Crippen molar-refractivity contribution in [3.8, 4) is 6.07 Å². The predicted octanol–water partition coefficient (Wildman–Crippen LogP) is 2.49. The molecule has 6 heteroatoms. The Balaban J connectivity index is 2.08. The lowest BCUT2D eigenvalue weighted by Crippen LogP contribution is -2.12. The number of ketones is 1. The van der Waals surface area contributed by atoms with E-state index in [1.165, 1.54) is 41.0 Å². The summed E-state index contributed by atoms with van der Waals surface area (Å²) >= 11 is 0. The summed E-state index contributed by atoms with van der Waals surface area (Å²) in [5.41, 5.74) is 1.12. The van der Waals surface area contributed by atoms with Gasteiger partial charge in [0.15, 0.2) is 11.4 Å². The second-order valence-electron chi connectivity index (χ2n) is 4.63. The number of nitriles is 1. The molecule has 0 saturated carbocycles. The number of carbonyl (C=O) groups is 1. The molecule has 108 valence electrons. The van der Waals surface area contributed by atoms with Crippen molar-refractivity contribution < 1.29 is 13.6 Å². The normalized spacial score (nSPS) is 10.5. The van der Waals surface area contributed by atoms with Gasteiger partial charge in [-0.3, -0.25) is 9.36 Å². The van der Waals surface area contributed by atoms with E-state index in [0.717, 1.165) is 6.07 Å². The molecule has 1 aromatic heterocycles. The van der Waals surface area contributed by atoms with Gasteiger partial charge in [0, 0.05) is 11.1 Å². The molecule has 0 unspecified atom stereocenters. The van der Waals surface area contributed by atoms with Crippen molar-refractivity contribution in [1.82, 2.24) is 4.57 Å². The number of halogens is 1. The summed E-state index contributed by atoms with van der Waals surface area (Å²) in [7, 11) is 0. The highest BCUT2D eigenvalue weighted by atomic mass is 19.1. The third kappa shape index (κ3) is 2.29. The number of hydrogen-bond acceptors (Lipinski definition) is 4. The molecule has 0 atom stereocenters. The first-order valence-corrected chi connectivity index (χ1v) is 6.41. The van der Waals surface area contributed by atoms with E-state index in [1.54, 1.807) is 0 Å². The fourth-order valence-electron chi connectivity index (χ4n) is 2.22. The molecule has 2 aromatic carbocycles. The predicted molar refractivity (Wildman–Crippen MR) is 75.9 cm³/mol. The van der Waals surface area contributed by atoms with Crippen molar-refractivity contribution in [1.29, 1.82) is 5.26 Å². The molecular weight excluding hydrogens is 287 g/mol. The van der Waals surface area contributed by atoms with Crippen LogP contribution in [0.4, 0.5) is 4.39 Å². The zero-order valence-corrected chi connectivity index (χ0v) is 11.2. The van der Waals surface area contributed by atoms with Gasteiger partial charge in [0.25, 0.3) is 0 Å². The molecule has 0 fully saturated rings. The van der Waals surface area contributed by atoms with Gasteiger partial charge in [-0.2, -0.15) is 5.26 Å². The number of nitrogens with zero attached hydrogens (tertiary/aromatic N) is 2. The van der Waals surface area contributed by atoms with Gasteiger partial charge >= 0.3 is 5.76 Å². The van der Waals surface area contributed by atoms with Crippen LogP contribution in [0.2, 0.25) is 0 Å². The lowest BCUT2D eigenvalue weighted by atomic mass is 10.0. The average Bonchev–Trinajstić information content (AvgIpc) is 2.82. The van der Waals surface area contributed by atoms with Gasteiger partial charge in [0.05, 0.1) is 11.6 Å². The minimum Gasteiger partial charge on any atom is -0.408 e. The molecule has 22 heavy (non-hydrogen) atoms. The van der Waals surface area contributed by atoms with Crippen LogP contribution in [0.5, 0.6) is 0 Å². The molecule has 0 bridgehead atoms. The van der Waals surface area contributed by atoms with Gasteiger partial charge in [0.1, 0.15) is 12.4 Å². The van der Waals surface area contributed by atoms with Crippen molar-refractivity contribution in [3.63, 3.8) is 0 Å². The average molecular weight is 296 g/mol. The van der Waals surface area contributed by atoms with Gasteiger partial charge in [-0.25, -0.2) is 9.18 Å². The van der Waals surface area contributed by atoms with Crippen LogP contribution in [-0.4, -0.2) is 10.4 Å². The number of rotatable bonds is 3. The molecule has 1 heterocycles. The maximum absolute atomic E-state index is 13.2. The van der Waals surface area contributed by atoms with Gasteiger partial charge in [-0.1, -0.05) is 12.1 Å². The third-order valence-electron chi connectivity index (χ3n) is 3.25. The first kappa shape index (κ1) is 13.8. The van der Waals surface area contributed by atoms with Crippen molar-refractivity contribution >= 4 is 16.9 Å². The van der Waals surface area contributed by atoms with Crippen LogP contribution in [0.15, 0.2) is 51.7 Å². The molecule has 0 radical (unpaired) electrons. The first-order chi connectivity index (χ1) is 10.6. The summed E-state index contributed by atoms with van der Waals surface area (Å²) in [4.78, 5) is 23.9. The van der Waals surface area contributed by atoms with E-state index in [2.05, 4.69) is 0 Å². The van der Waals surface area contributed by atoms with Crippen LogP contribution in [0.25, 0.3) is 11.1 Å². The fourth-order valence-corrected chi connectivity index (χ4v) is 2.22. The van der Waals surface area contributed by atoms with Crippen molar-refractivity contribution in [2.24, 2.45) is 0 Å². The van der Waals surface area contributed by atoms with Gasteiger partial charge < -0.3 is 4.42 Å². The Morgan fingerprint density at radius 1 is 1.23 bits per heavy atom. The fraction of sp³-hybridized carbons (Fsp3) is 0.0625. The molecule has 3 aromatic rings. The second kappa shape index (κ2) is 5.30. The number of benzene rings is 2. The first-order valence-electron chi connectivity index (χ1n) is 6.41.